The van der Waals surface area contributed by atoms with Crippen molar-refractivity contribution in [3.63, 3.8) is 0 Å². The van der Waals surface area contributed by atoms with Crippen LogP contribution < -0.4 is 11.1 Å². The Bertz CT molecular complexity index is 666. The minimum absolute atomic E-state index is 0.305. The van der Waals surface area contributed by atoms with Gasteiger partial charge in [0.2, 0.25) is 0 Å². The van der Waals surface area contributed by atoms with Crippen molar-refractivity contribution in [1.29, 1.82) is 0 Å². The zero-order valence-corrected chi connectivity index (χ0v) is 13.6. The largest absolute Gasteiger partial charge is 0.398 e. The maximum absolute atomic E-state index is 12.3. The minimum Gasteiger partial charge on any atom is -0.398 e. The summed E-state index contributed by atoms with van der Waals surface area (Å²) in [5.74, 6) is -0.305. The van der Waals surface area contributed by atoms with Crippen molar-refractivity contribution in [1.82, 2.24) is 0 Å². The van der Waals surface area contributed by atoms with Crippen LogP contribution >= 0.6 is 39.1 Å². The van der Waals surface area contributed by atoms with Gasteiger partial charge in [-0.15, -0.1) is 0 Å². The van der Waals surface area contributed by atoms with Gasteiger partial charge in [0.1, 0.15) is 0 Å². The molecular formula is C14H11BrCl2N2O. The van der Waals surface area contributed by atoms with Gasteiger partial charge in [-0.3, -0.25) is 4.79 Å². The molecule has 6 heteroatoms. The molecule has 0 unspecified atom stereocenters. The fourth-order valence-electron chi connectivity index (χ4n) is 1.74. The van der Waals surface area contributed by atoms with E-state index in [0.717, 1.165) is 4.47 Å². The molecule has 0 spiro atoms. The Labute approximate surface area is 135 Å². The van der Waals surface area contributed by atoms with E-state index in [2.05, 4.69) is 21.2 Å². The summed E-state index contributed by atoms with van der Waals surface area (Å²) in [6.45, 7) is 1.79. The van der Waals surface area contributed by atoms with Gasteiger partial charge in [-0.1, -0.05) is 45.2 Å². The van der Waals surface area contributed by atoms with Gasteiger partial charge in [-0.25, -0.2) is 0 Å². The van der Waals surface area contributed by atoms with Gasteiger partial charge in [-0.2, -0.15) is 0 Å². The van der Waals surface area contributed by atoms with Crippen LogP contribution in [0.2, 0.25) is 10.0 Å². The van der Waals surface area contributed by atoms with E-state index >= 15 is 0 Å². The molecule has 0 aliphatic heterocycles. The number of hydrogen-bond acceptors (Lipinski definition) is 2. The predicted octanol–water partition coefficient (Wildman–Crippen LogP) is 4.90. The third-order valence-corrected chi connectivity index (χ3v) is 3.92. The van der Waals surface area contributed by atoms with Crippen LogP contribution in [-0.2, 0) is 0 Å². The molecule has 104 valence electrons. The Balaban J connectivity index is 2.36. The van der Waals surface area contributed by atoms with Gasteiger partial charge in [0.15, 0.2) is 0 Å². The van der Waals surface area contributed by atoms with Crippen molar-refractivity contribution in [2.45, 2.75) is 6.92 Å². The number of rotatable bonds is 2. The molecule has 2 aromatic carbocycles. The second kappa shape index (κ2) is 6.04. The highest BCUT2D eigenvalue weighted by Crippen LogP contribution is 2.34. The zero-order chi connectivity index (χ0) is 14.9. The standard InChI is InChI=1S/C14H11BrCl2N2O/c1-7-9(3-2-4-12(7)18)14(20)19-13-10(16)5-8(15)6-11(13)17/h2-6H,18H2,1H3,(H,19,20). The SMILES string of the molecule is Cc1c(N)cccc1C(=O)Nc1c(Cl)cc(Br)cc1Cl. The number of halogens is 3. The summed E-state index contributed by atoms with van der Waals surface area (Å²) >= 11 is 15.4. The first-order valence-electron chi connectivity index (χ1n) is 5.71. The molecule has 3 nitrogen and oxygen atoms in total. The number of nitrogens with two attached hydrogens (primary N) is 1. The van der Waals surface area contributed by atoms with Crippen molar-refractivity contribution in [3.05, 3.63) is 56.0 Å². The lowest BCUT2D eigenvalue weighted by Crippen LogP contribution is -2.14. The first-order chi connectivity index (χ1) is 9.40. The normalized spacial score (nSPS) is 10.4. The molecule has 0 saturated carbocycles. The Morgan fingerprint density at radius 2 is 1.85 bits per heavy atom. The second-order valence-electron chi connectivity index (χ2n) is 4.22. The number of anilines is 2. The van der Waals surface area contributed by atoms with E-state index in [1.54, 1.807) is 37.3 Å². The smallest absolute Gasteiger partial charge is 0.256 e. The van der Waals surface area contributed by atoms with Crippen molar-refractivity contribution in [3.8, 4) is 0 Å². The summed E-state index contributed by atoms with van der Waals surface area (Å²) in [7, 11) is 0. The van der Waals surface area contributed by atoms with Crippen LogP contribution in [-0.4, -0.2) is 5.91 Å². The number of benzene rings is 2. The number of hydrogen-bond donors (Lipinski definition) is 2. The van der Waals surface area contributed by atoms with E-state index in [9.17, 15) is 4.79 Å². The maximum atomic E-state index is 12.3. The molecule has 3 N–H and O–H groups in total. The fraction of sp³-hybridized carbons (Fsp3) is 0.0714. The summed E-state index contributed by atoms with van der Waals surface area (Å²) in [5, 5.41) is 3.43. The highest BCUT2D eigenvalue weighted by atomic mass is 79.9. The number of nitrogens with one attached hydrogen (secondary N) is 1. The summed E-state index contributed by atoms with van der Waals surface area (Å²) < 4.78 is 0.741. The molecule has 20 heavy (non-hydrogen) atoms. The van der Waals surface area contributed by atoms with Crippen LogP contribution in [0.1, 0.15) is 15.9 Å². The second-order valence-corrected chi connectivity index (χ2v) is 5.95. The average Bonchev–Trinajstić information content (AvgIpc) is 2.36. The fourth-order valence-corrected chi connectivity index (χ4v) is 3.04. The first kappa shape index (κ1) is 15.2. The third kappa shape index (κ3) is 3.08. The van der Waals surface area contributed by atoms with Crippen LogP contribution in [0.3, 0.4) is 0 Å². The molecular weight excluding hydrogens is 363 g/mol. The van der Waals surface area contributed by atoms with Crippen molar-refractivity contribution < 1.29 is 4.79 Å². The van der Waals surface area contributed by atoms with Gasteiger partial charge in [-0.05, 0) is 36.8 Å². The van der Waals surface area contributed by atoms with Crippen LogP contribution in [0.4, 0.5) is 11.4 Å². The van der Waals surface area contributed by atoms with E-state index in [-0.39, 0.29) is 5.91 Å². The Kier molecular flexibility index (Phi) is 4.58. The Morgan fingerprint density at radius 3 is 2.45 bits per heavy atom. The minimum atomic E-state index is -0.305. The monoisotopic (exact) mass is 372 g/mol. The molecule has 0 atom stereocenters. The van der Waals surface area contributed by atoms with Crippen molar-refractivity contribution >= 4 is 56.4 Å². The molecule has 0 bridgehead atoms. The summed E-state index contributed by atoms with van der Waals surface area (Å²) in [4.78, 5) is 12.3. The van der Waals surface area contributed by atoms with Gasteiger partial charge < -0.3 is 11.1 Å². The lowest BCUT2D eigenvalue weighted by atomic mass is 10.1. The van der Waals surface area contributed by atoms with E-state index in [0.29, 0.717) is 32.5 Å². The molecule has 0 aliphatic rings. The zero-order valence-electron chi connectivity index (χ0n) is 10.5. The number of carbonyl (C=O) groups is 1. The molecule has 0 aromatic heterocycles. The van der Waals surface area contributed by atoms with Gasteiger partial charge in [0, 0.05) is 15.7 Å². The molecule has 2 rings (SSSR count). The molecule has 1 amide bonds. The van der Waals surface area contributed by atoms with Gasteiger partial charge in [0.25, 0.3) is 5.91 Å². The summed E-state index contributed by atoms with van der Waals surface area (Å²) in [6.07, 6.45) is 0. The molecule has 2 aromatic rings. The lowest BCUT2D eigenvalue weighted by molar-refractivity contribution is 0.102. The summed E-state index contributed by atoms with van der Waals surface area (Å²) in [6, 6.07) is 8.49. The van der Waals surface area contributed by atoms with Crippen LogP contribution in [0.5, 0.6) is 0 Å². The summed E-state index contributed by atoms with van der Waals surface area (Å²) in [5.41, 5.74) is 7.94. The van der Waals surface area contributed by atoms with Crippen LogP contribution in [0.25, 0.3) is 0 Å². The van der Waals surface area contributed by atoms with Crippen LogP contribution in [0, 0.1) is 6.92 Å². The highest BCUT2D eigenvalue weighted by Gasteiger charge is 2.15. The number of amides is 1. The average molecular weight is 374 g/mol. The molecule has 0 radical (unpaired) electrons. The maximum Gasteiger partial charge on any atom is 0.256 e. The molecule has 0 saturated heterocycles. The van der Waals surface area contributed by atoms with E-state index in [4.69, 9.17) is 28.9 Å². The molecule has 0 aliphatic carbocycles. The van der Waals surface area contributed by atoms with Gasteiger partial charge >= 0.3 is 0 Å². The van der Waals surface area contributed by atoms with E-state index in [1.807, 2.05) is 0 Å². The van der Waals surface area contributed by atoms with Crippen molar-refractivity contribution in [2.75, 3.05) is 11.1 Å². The topological polar surface area (TPSA) is 55.1 Å². The predicted molar refractivity (Wildman–Crippen MR) is 87.7 cm³/mol. The van der Waals surface area contributed by atoms with E-state index in [1.165, 1.54) is 0 Å². The lowest BCUT2D eigenvalue weighted by Gasteiger charge is -2.12. The van der Waals surface area contributed by atoms with E-state index < -0.39 is 0 Å². The van der Waals surface area contributed by atoms with Gasteiger partial charge in [0.05, 0.1) is 15.7 Å². The number of nitrogen functional groups attached to an aromatic ring is 1. The molecule has 0 fully saturated rings. The number of carbonyl (C=O) groups excluding carboxylic acids is 1. The highest BCUT2D eigenvalue weighted by molar-refractivity contribution is 9.10. The van der Waals surface area contributed by atoms with Crippen molar-refractivity contribution in [2.24, 2.45) is 0 Å². The van der Waals surface area contributed by atoms with Crippen LogP contribution in [0.15, 0.2) is 34.8 Å². The Hall–Kier alpha value is -1.23. The third-order valence-electron chi connectivity index (χ3n) is 2.87. The Morgan fingerprint density at radius 1 is 1.25 bits per heavy atom. The quantitative estimate of drug-likeness (QED) is 0.735. The first-order valence-corrected chi connectivity index (χ1v) is 7.26. The molecule has 0 heterocycles.